The van der Waals surface area contributed by atoms with Crippen molar-refractivity contribution < 1.29 is 22.8 Å². The van der Waals surface area contributed by atoms with Gasteiger partial charge in [0.25, 0.3) is 0 Å². The van der Waals surface area contributed by atoms with Gasteiger partial charge >= 0.3 is 6.18 Å². The highest BCUT2D eigenvalue weighted by Gasteiger charge is 2.31. The molecule has 2 nitrogen and oxygen atoms in total. The molecular formula is C17H15F3O2. The van der Waals surface area contributed by atoms with E-state index in [1.165, 1.54) is 24.3 Å². The second kappa shape index (κ2) is 8.12. The van der Waals surface area contributed by atoms with E-state index in [2.05, 4.69) is 0 Å². The molecule has 5 heteroatoms. The van der Waals surface area contributed by atoms with E-state index in [0.717, 1.165) is 5.56 Å². The zero-order valence-corrected chi connectivity index (χ0v) is 11.9. The Kier molecular flexibility index (Phi) is 6.50. The number of ketones is 2. The molecule has 0 bridgehead atoms. The lowest BCUT2D eigenvalue weighted by Gasteiger charge is -2.04. The van der Waals surface area contributed by atoms with Crippen LogP contribution in [0, 0.1) is 0 Å². The molecule has 0 fully saturated rings. The molecule has 0 N–H and O–H groups in total. The molecule has 116 valence electrons. The first-order chi connectivity index (χ1) is 10.3. The molecule has 0 saturated heterocycles. The van der Waals surface area contributed by atoms with E-state index >= 15 is 0 Å². The second-order valence-electron chi connectivity index (χ2n) is 4.50. The molecular weight excluding hydrogens is 293 g/mol. The van der Waals surface area contributed by atoms with Gasteiger partial charge < -0.3 is 0 Å². The number of hydrogen-bond donors (Lipinski definition) is 0. The molecule has 2 aromatic carbocycles. The molecule has 0 heterocycles. The monoisotopic (exact) mass is 308 g/mol. The summed E-state index contributed by atoms with van der Waals surface area (Å²) < 4.78 is 35.3. The highest BCUT2D eigenvalue weighted by molar-refractivity contribution is 5.96. The Hall–Kier alpha value is -2.43. The first-order valence-corrected chi connectivity index (χ1v) is 6.50. The molecule has 0 aliphatic heterocycles. The number of Topliss-reactive ketones (excluding diaryl/α,β-unsaturated/α-hetero) is 2. The second-order valence-corrected chi connectivity index (χ2v) is 4.50. The van der Waals surface area contributed by atoms with Crippen LogP contribution in [0.1, 0.15) is 34.1 Å². The van der Waals surface area contributed by atoms with E-state index in [4.69, 9.17) is 0 Å². The summed E-state index contributed by atoms with van der Waals surface area (Å²) in [5.74, 6) is -0.774. The summed E-state index contributed by atoms with van der Waals surface area (Å²) >= 11 is 0. The number of rotatable bonds is 3. The third-order valence-corrected chi connectivity index (χ3v) is 2.64. The predicted molar refractivity (Wildman–Crippen MR) is 77.9 cm³/mol. The van der Waals surface area contributed by atoms with Gasteiger partial charge in [-0.3, -0.25) is 9.59 Å². The average molecular weight is 308 g/mol. The van der Waals surface area contributed by atoms with Crippen LogP contribution in [0.2, 0.25) is 0 Å². The summed E-state index contributed by atoms with van der Waals surface area (Å²) in [5.41, 5.74) is 0.873. The lowest BCUT2D eigenvalue weighted by molar-refractivity contribution is -0.125. The first kappa shape index (κ1) is 17.6. The Morgan fingerprint density at radius 3 is 1.55 bits per heavy atom. The normalized spacial score (nSPS) is 10.4. The maximum atomic E-state index is 11.8. The average Bonchev–Trinajstić information content (AvgIpc) is 2.48. The van der Waals surface area contributed by atoms with Gasteiger partial charge in [0, 0.05) is 11.1 Å². The van der Waals surface area contributed by atoms with Crippen molar-refractivity contribution in [2.24, 2.45) is 0 Å². The molecule has 0 aromatic heterocycles. The van der Waals surface area contributed by atoms with Crippen LogP contribution >= 0.6 is 0 Å². The van der Waals surface area contributed by atoms with Crippen LogP contribution < -0.4 is 0 Å². The van der Waals surface area contributed by atoms with Crippen molar-refractivity contribution in [1.82, 2.24) is 0 Å². The van der Waals surface area contributed by atoms with E-state index < -0.39 is 18.4 Å². The van der Waals surface area contributed by atoms with Gasteiger partial charge in [-0.2, -0.15) is 13.2 Å². The number of halogens is 3. The number of carbonyl (C=O) groups excluding carboxylic acids is 2. The fraction of sp³-hybridized carbons (Fsp3) is 0.176. The van der Waals surface area contributed by atoms with Crippen molar-refractivity contribution in [2.45, 2.75) is 19.5 Å². The number of alkyl halides is 3. The molecule has 0 amide bonds. The molecule has 0 atom stereocenters. The van der Waals surface area contributed by atoms with Gasteiger partial charge in [-0.1, -0.05) is 60.7 Å². The van der Waals surface area contributed by atoms with E-state index in [1.807, 2.05) is 30.3 Å². The summed E-state index contributed by atoms with van der Waals surface area (Å²) in [7, 11) is 0. The van der Waals surface area contributed by atoms with Gasteiger partial charge in [0.2, 0.25) is 0 Å². The zero-order chi connectivity index (χ0) is 16.6. The van der Waals surface area contributed by atoms with Gasteiger partial charge in [0.15, 0.2) is 11.6 Å². The third kappa shape index (κ3) is 6.83. The Labute approximate surface area is 126 Å². The van der Waals surface area contributed by atoms with Gasteiger partial charge in [0.1, 0.15) is 6.42 Å². The lowest BCUT2D eigenvalue weighted by Crippen LogP contribution is -2.14. The quantitative estimate of drug-likeness (QED) is 0.769. The number of carbonyl (C=O) groups is 2. The van der Waals surface area contributed by atoms with Crippen molar-refractivity contribution in [3.63, 3.8) is 0 Å². The van der Waals surface area contributed by atoms with E-state index in [-0.39, 0.29) is 11.3 Å². The van der Waals surface area contributed by atoms with Crippen molar-refractivity contribution in [3.05, 3.63) is 71.8 Å². The summed E-state index contributed by atoms with van der Waals surface area (Å²) in [4.78, 5) is 21.6. The molecule has 0 unspecified atom stereocenters. The summed E-state index contributed by atoms with van der Waals surface area (Å²) in [6.45, 7) is 1.56. The predicted octanol–water partition coefficient (Wildman–Crippen LogP) is 4.71. The van der Waals surface area contributed by atoms with E-state index in [0.29, 0.717) is 0 Å². The van der Waals surface area contributed by atoms with Crippen LogP contribution in [0.25, 0.3) is 0 Å². The minimum atomic E-state index is -4.42. The highest BCUT2D eigenvalue weighted by atomic mass is 19.4. The molecule has 0 aliphatic rings. The zero-order valence-electron chi connectivity index (χ0n) is 11.9. The Balaban J connectivity index is 0.000000235. The molecule has 0 aliphatic carbocycles. The number of hydrogen-bond acceptors (Lipinski definition) is 2. The Bertz CT molecular complexity index is 605. The number of benzene rings is 2. The van der Waals surface area contributed by atoms with Crippen LogP contribution in [0.5, 0.6) is 0 Å². The largest absolute Gasteiger partial charge is 0.396 e. The van der Waals surface area contributed by atoms with Crippen LogP contribution in [0.15, 0.2) is 60.7 Å². The maximum Gasteiger partial charge on any atom is 0.396 e. The van der Waals surface area contributed by atoms with Crippen molar-refractivity contribution >= 4 is 11.6 Å². The van der Waals surface area contributed by atoms with Crippen LogP contribution in [0.3, 0.4) is 0 Å². The molecule has 0 radical (unpaired) electrons. The minimum absolute atomic E-state index is 0.0971. The molecule has 2 rings (SSSR count). The lowest BCUT2D eigenvalue weighted by atomic mass is 10.1. The summed E-state index contributed by atoms with van der Waals surface area (Å²) in [6, 6.07) is 16.7. The fourth-order valence-corrected chi connectivity index (χ4v) is 1.58. The summed E-state index contributed by atoms with van der Waals surface area (Å²) in [5, 5.41) is 0. The Morgan fingerprint density at radius 1 is 0.818 bits per heavy atom. The van der Waals surface area contributed by atoms with Crippen LogP contribution in [-0.4, -0.2) is 17.7 Å². The van der Waals surface area contributed by atoms with Gasteiger partial charge in [-0.05, 0) is 6.92 Å². The third-order valence-electron chi connectivity index (χ3n) is 2.64. The standard InChI is InChI=1S/C9H7F3O.C8H8O/c10-9(11,12)6-8(13)7-4-2-1-3-5-7;1-7(9)8-5-3-2-4-6-8/h1-5H,6H2;2-6H,1H3. The molecule has 2 aromatic rings. The highest BCUT2D eigenvalue weighted by Crippen LogP contribution is 2.21. The van der Waals surface area contributed by atoms with Crippen molar-refractivity contribution in [2.75, 3.05) is 0 Å². The minimum Gasteiger partial charge on any atom is -0.295 e. The molecule has 0 saturated carbocycles. The molecule has 22 heavy (non-hydrogen) atoms. The van der Waals surface area contributed by atoms with Gasteiger partial charge in [0.05, 0.1) is 0 Å². The fourth-order valence-electron chi connectivity index (χ4n) is 1.58. The first-order valence-electron chi connectivity index (χ1n) is 6.50. The van der Waals surface area contributed by atoms with E-state index in [9.17, 15) is 22.8 Å². The van der Waals surface area contributed by atoms with Crippen LogP contribution in [-0.2, 0) is 0 Å². The van der Waals surface area contributed by atoms with Crippen molar-refractivity contribution in [3.8, 4) is 0 Å². The van der Waals surface area contributed by atoms with Gasteiger partial charge in [-0.15, -0.1) is 0 Å². The topological polar surface area (TPSA) is 34.1 Å². The smallest absolute Gasteiger partial charge is 0.295 e. The van der Waals surface area contributed by atoms with Gasteiger partial charge in [-0.25, -0.2) is 0 Å². The Morgan fingerprint density at radius 2 is 1.23 bits per heavy atom. The SMILES string of the molecule is CC(=O)c1ccccc1.O=C(CC(F)(F)F)c1ccccc1. The molecule has 0 spiro atoms. The van der Waals surface area contributed by atoms with Crippen LogP contribution in [0.4, 0.5) is 13.2 Å². The van der Waals surface area contributed by atoms with Crippen molar-refractivity contribution in [1.29, 1.82) is 0 Å². The maximum absolute atomic E-state index is 11.8. The van der Waals surface area contributed by atoms with E-state index in [1.54, 1.807) is 13.0 Å². The summed E-state index contributed by atoms with van der Waals surface area (Å²) in [6.07, 6.45) is -5.82.